The third-order valence-corrected chi connectivity index (χ3v) is 6.41. The molecule has 3 aromatic carbocycles. The summed E-state index contributed by atoms with van der Waals surface area (Å²) in [6.07, 6.45) is 2.48. The zero-order valence-corrected chi connectivity index (χ0v) is 21.0. The Morgan fingerprint density at radius 3 is 2.33 bits per heavy atom. The lowest BCUT2D eigenvalue weighted by molar-refractivity contribution is 0.0791. The molecule has 0 saturated carbocycles. The van der Waals surface area contributed by atoms with Crippen molar-refractivity contribution in [1.29, 1.82) is 5.41 Å². The van der Waals surface area contributed by atoms with Gasteiger partial charge in [-0.1, -0.05) is 30.3 Å². The minimum absolute atomic E-state index is 0. The number of nitrogens with one attached hydrogen (secondary N) is 2. The van der Waals surface area contributed by atoms with Crippen molar-refractivity contribution in [3.05, 3.63) is 100 Å². The Morgan fingerprint density at radius 2 is 1.69 bits per heavy atom. The fourth-order valence-electron chi connectivity index (χ4n) is 4.47. The molecule has 2 amide bonds. The number of phenolic OH excluding ortho intramolecular Hbond substituents is 1. The van der Waals surface area contributed by atoms with Gasteiger partial charge < -0.3 is 21.1 Å². The largest absolute Gasteiger partial charge is 0.508 e. The minimum atomic E-state index is -0.560. The molecule has 1 heterocycles. The van der Waals surface area contributed by atoms with Gasteiger partial charge in [-0.25, -0.2) is 0 Å². The van der Waals surface area contributed by atoms with Crippen molar-refractivity contribution in [2.24, 2.45) is 5.73 Å². The first kappa shape index (κ1) is 26.8. The van der Waals surface area contributed by atoms with E-state index in [1.54, 1.807) is 30.3 Å². The number of likely N-dealkylation sites (tertiary alicyclic amines) is 1. The average molecular weight is 507 g/mol. The fourth-order valence-corrected chi connectivity index (χ4v) is 4.47. The Hall–Kier alpha value is -3.84. The van der Waals surface area contributed by atoms with Gasteiger partial charge in [0.1, 0.15) is 11.6 Å². The molecule has 188 valence electrons. The number of aryl methyl sites for hydroxylation is 1. The molecule has 1 atom stereocenters. The van der Waals surface area contributed by atoms with Crippen LogP contribution in [0.25, 0.3) is 0 Å². The quantitative estimate of drug-likeness (QED) is 0.281. The van der Waals surface area contributed by atoms with E-state index >= 15 is 0 Å². The third kappa shape index (κ3) is 6.04. The molecule has 1 aliphatic heterocycles. The van der Waals surface area contributed by atoms with Crippen molar-refractivity contribution < 1.29 is 14.7 Å². The molecule has 36 heavy (non-hydrogen) atoms. The number of nitrogen functional groups attached to an aromatic ring is 1. The second-order valence-electron chi connectivity index (χ2n) is 8.93. The Kier molecular flexibility index (Phi) is 8.72. The number of carbonyl (C=O) groups is 2. The Bertz CT molecular complexity index is 1260. The second kappa shape index (κ2) is 11.7. The maximum atomic E-state index is 13.3. The number of nitrogens with zero attached hydrogens (tertiary/aromatic N) is 1. The predicted octanol–water partition coefficient (Wildman–Crippen LogP) is 4.36. The number of hydrogen-bond donors (Lipinski definition) is 4. The minimum Gasteiger partial charge on any atom is -0.508 e. The smallest absolute Gasteiger partial charge is 0.254 e. The van der Waals surface area contributed by atoms with E-state index in [1.165, 1.54) is 6.07 Å². The highest BCUT2D eigenvalue weighted by Crippen LogP contribution is 2.29. The van der Waals surface area contributed by atoms with Crippen LogP contribution in [0.4, 0.5) is 0 Å². The molecule has 0 spiro atoms. The lowest BCUT2D eigenvalue weighted by atomic mass is 9.95. The first-order valence-electron chi connectivity index (χ1n) is 11.8. The van der Waals surface area contributed by atoms with Gasteiger partial charge in [0.05, 0.1) is 6.04 Å². The van der Waals surface area contributed by atoms with Crippen molar-refractivity contribution in [3.8, 4) is 5.75 Å². The SMILES string of the molecule is Cc1cc(C(=O)NC(Cc2ccccc2)c2cc(C(=N)N)ccc2O)ccc1C(=O)N1CCCC1.Cl. The van der Waals surface area contributed by atoms with Crippen LogP contribution in [0.3, 0.4) is 0 Å². The van der Waals surface area contributed by atoms with Crippen molar-refractivity contribution in [2.75, 3.05) is 13.1 Å². The van der Waals surface area contributed by atoms with Gasteiger partial charge in [-0.3, -0.25) is 15.0 Å². The van der Waals surface area contributed by atoms with Crippen LogP contribution in [0.5, 0.6) is 5.75 Å². The number of carbonyl (C=O) groups excluding carboxylic acids is 2. The van der Waals surface area contributed by atoms with Crippen molar-refractivity contribution in [3.63, 3.8) is 0 Å². The van der Waals surface area contributed by atoms with E-state index in [4.69, 9.17) is 11.1 Å². The number of amidine groups is 1. The normalized spacial score (nSPS) is 13.5. The Labute approximate surface area is 217 Å². The number of benzene rings is 3. The molecule has 0 aromatic heterocycles. The molecule has 1 aliphatic rings. The number of phenols is 1. The van der Waals surface area contributed by atoms with Crippen LogP contribution in [0.15, 0.2) is 66.7 Å². The molecular weight excluding hydrogens is 476 g/mol. The van der Waals surface area contributed by atoms with Gasteiger partial charge in [0.15, 0.2) is 0 Å². The van der Waals surface area contributed by atoms with Crippen LogP contribution in [-0.2, 0) is 6.42 Å². The van der Waals surface area contributed by atoms with Crippen LogP contribution in [0, 0.1) is 12.3 Å². The fraction of sp³-hybridized carbons (Fsp3) is 0.250. The summed E-state index contributed by atoms with van der Waals surface area (Å²) in [5.74, 6) is -0.425. The van der Waals surface area contributed by atoms with Crippen LogP contribution in [0.2, 0.25) is 0 Å². The third-order valence-electron chi connectivity index (χ3n) is 6.41. The summed E-state index contributed by atoms with van der Waals surface area (Å²) in [6, 6.07) is 18.9. The molecule has 4 rings (SSSR count). The van der Waals surface area contributed by atoms with Gasteiger partial charge in [0.25, 0.3) is 11.8 Å². The molecular formula is C28H31ClN4O3. The summed E-state index contributed by atoms with van der Waals surface area (Å²) < 4.78 is 0. The lowest BCUT2D eigenvalue weighted by Crippen LogP contribution is -2.31. The summed E-state index contributed by atoms with van der Waals surface area (Å²) in [6.45, 7) is 3.37. The van der Waals surface area contributed by atoms with Crippen molar-refractivity contribution >= 4 is 30.1 Å². The lowest BCUT2D eigenvalue weighted by Gasteiger charge is -2.22. The Morgan fingerprint density at radius 1 is 1.03 bits per heavy atom. The van der Waals surface area contributed by atoms with Crippen LogP contribution >= 0.6 is 12.4 Å². The zero-order chi connectivity index (χ0) is 24.9. The van der Waals surface area contributed by atoms with E-state index in [0.29, 0.717) is 28.7 Å². The van der Waals surface area contributed by atoms with Crippen molar-refractivity contribution in [2.45, 2.75) is 32.2 Å². The number of halogens is 1. The summed E-state index contributed by atoms with van der Waals surface area (Å²) in [5, 5.41) is 21.4. The van der Waals surface area contributed by atoms with Gasteiger partial charge in [-0.05, 0) is 73.7 Å². The maximum Gasteiger partial charge on any atom is 0.254 e. The average Bonchev–Trinajstić information content (AvgIpc) is 3.39. The van der Waals surface area contributed by atoms with E-state index in [2.05, 4.69) is 5.32 Å². The summed E-state index contributed by atoms with van der Waals surface area (Å²) >= 11 is 0. The topological polar surface area (TPSA) is 120 Å². The predicted molar refractivity (Wildman–Crippen MR) is 143 cm³/mol. The van der Waals surface area contributed by atoms with Gasteiger partial charge in [-0.2, -0.15) is 0 Å². The van der Waals surface area contributed by atoms with E-state index < -0.39 is 6.04 Å². The molecule has 5 N–H and O–H groups in total. The molecule has 0 aliphatic carbocycles. The summed E-state index contributed by atoms with van der Waals surface area (Å²) in [7, 11) is 0. The van der Waals surface area contributed by atoms with E-state index in [9.17, 15) is 14.7 Å². The van der Waals surface area contributed by atoms with Crippen LogP contribution < -0.4 is 11.1 Å². The number of nitrogens with two attached hydrogens (primary N) is 1. The van der Waals surface area contributed by atoms with Gasteiger partial charge in [0, 0.05) is 35.3 Å². The van der Waals surface area contributed by atoms with E-state index in [-0.39, 0.29) is 35.8 Å². The highest BCUT2D eigenvalue weighted by molar-refractivity contribution is 5.99. The monoisotopic (exact) mass is 506 g/mol. The highest BCUT2D eigenvalue weighted by Gasteiger charge is 2.23. The first-order chi connectivity index (χ1) is 16.8. The molecule has 8 heteroatoms. The van der Waals surface area contributed by atoms with Gasteiger partial charge in [0.2, 0.25) is 0 Å². The number of rotatable bonds is 7. The van der Waals surface area contributed by atoms with Crippen LogP contribution in [0.1, 0.15) is 61.9 Å². The second-order valence-corrected chi connectivity index (χ2v) is 8.93. The maximum absolute atomic E-state index is 13.3. The number of aromatic hydroxyl groups is 1. The number of amides is 2. The molecule has 1 fully saturated rings. The molecule has 1 saturated heterocycles. The standard InChI is InChI=1S/C28H30N4O3.ClH/c1-18-15-21(9-11-22(18)28(35)32-13-5-6-14-32)27(34)31-24(16-19-7-3-2-4-8-19)23-17-20(26(29)30)10-12-25(23)33;/h2-4,7-12,15,17,24,33H,5-6,13-14,16H2,1H3,(H3,29,30)(H,31,34);1H. The first-order valence-corrected chi connectivity index (χ1v) is 11.8. The Balaban J connectivity index is 0.00000361. The van der Waals surface area contributed by atoms with Gasteiger partial charge >= 0.3 is 0 Å². The van der Waals surface area contributed by atoms with Gasteiger partial charge in [-0.15, -0.1) is 12.4 Å². The van der Waals surface area contributed by atoms with E-state index in [1.807, 2.05) is 42.2 Å². The van der Waals surface area contributed by atoms with Crippen LogP contribution in [-0.4, -0.2) is 40.7 Å². The van der Waals surface area contributed by atoms with Crippen molar-refractivity contribution in [1.82, 2.24) is 10.2 Å². The summed E-state index contributed by atoms with van der Waals surface area (Å²) in [4.78, 5) is 27.9. The molecule has 1 unspecified atom stereocenters. The highest BCUT2D eigenvalue weighted by atomic mass is 35.5. The summed E-state index contributed by atoms with van der Waals surface area (Å²) in [5.41, 5.74) is 9.37. The van der Waals surface area contributed by atoms with E-state index in [0.717, 1.165) is 37.1 Å². The number of hydrogen-bond acceptors (Lipinski definition) is 4. The molecule has 7 nitrogen and oxygen atoms in total. The molecule has 3 aromatic rings. The molecule has 0 bridgehead atoms. The molecule has 0 radical (unpaired) electrons. The zero-order valence-electron chi connectivity index (χ0n) is 20.2.